The molecule has 0 aliphatic heterocycles. The number of thiazole rings is 1. The third-order valence-corrected chi connectivity index (χ3v) is 5.49. The van der Waals surface area contributed by atoms with Crippen molar-refractivity contribution in [2.75, 3.05) is 23.3 Å². The lowest BCUT2D eigenvalue weighted by Gasteiger charge is -2.20. The minimum Gasteiger partial charge on any atom is -0.372 e. The van der Waals surface area contributed by atoms with Crippen molar-refractivity contribution in [1.29, 1.82) is 0 Å². The minimum atomic E-state index is -0.126. The van der Waals surface area contributed by atoms with Gasteiger partial charge in [-0.05, 0) is 61.7 Å². The van der Waals surface area contributed by atoms with Crippen LogP contribution in [0.1, 0.15) is 49.5 Å². The summed E-state index contributed by atoms with van der Waals surface area (Å²) < 4.78 is 1.10. The van der Waals surface area contributed by atoms with Gasteiger partial charge in [0.15, 0.2) is 5.13 Å². The lowest BCUT2D eigenvalue weighted by molar-refractivity contribution is 0.102. The SMILES string of the molecule is CCN(CC)c1ccc(C(=O)Nc2nc3ccc(C(C)C)cc3s2)cc1. The van der Waals surface area contributed by atoms with Gasteiger partial charge in [0, 0.05) is 24.3 Å². The third kappa shape index (κ3) is 3.88. The number of amides is 1. The number of nitrogens with zero attached hydrogens (tertiary/aromatic N) is 2. The number of fused-ring (bicyclic) bond motifs is 1. The molecule has 0 spiro atoms. The van der Waals surface area contributed by atoms with E-state index in [1.54, 1.807) is 0 Å². The molecule has 0 fully saturated rings. The first-order chi connectivity index (χ1) is 12.5. The van der Waals surface area contributed by atoms with Gasteiger partial charge in [-0.25, -0.2) is 4.98 Å². The van der Waals surface area contributed by atoms with Crippen LogP contribution in [-0.4, -0.2) is 24.0 Å². The van der Waals surface area contributed by atoms with Crippen LogP contribution in [0.15, 0.2) is 42.5 Å². The van der Waals surface area contributed by atoms with E-state index in [2.05, 4.69) is 55.0 Å². The van der Waals surface area contributed by atoms with Crippen LogP contribution >= 0.6 is 11.3 Å². The molecule has 0 unspecified atom stereocenters. The van der Waals surface area contributed by atoms with Crippen LogP contribution in [0.5, 0.6) is 0 Å². The zero-order valence-electron chi connectivity index (χ0n) is 15.7. The van der Waals surface area contributed by atoms with Crippen molar-refractivity contribution in [3.05, 3.63) is 53.6 Å². The predicted octanol–water partition coefficient (Wildman–Crippen LogP) is 5.52. The van der Waals surface area contributed by atoms with Crippen molar-refractivity contribution >= 4 is 38.3 Å². The summed E-state index contributed by atoms with van der Waals surface area (Å²) in [4.78, 5) is 19.3. The van der Waals surface area contributed by atoms with Crippen LogP contribution in [0.2, 0.25) is 0 Å². The number of carbonyl (C=O) groups excluding carboxylic acids is 1. The van der Waals surface area contributed by atoms with Crippen LogP contribution < -0.4 is 10.2 Å². The van der Waals surface area contributed by atoms with Gasteiger partial charge in [-0.15, -0.1) is 0 Å². The molecule has 3 aromatic rings. The Hall–Kier alpha value is -2.40. The van der Waals surface area contributed by atoms with Crippen molar-refractivity contribution in [2.45, 2.75) is 33.6 Å². The van der Waals surface area contributed by atoms with E-state index in [0.29, 0.717) is 16.6 Å². The van der Waals surface area contributed by atoms with E-state index in [1.807, 2.05) is 30.3 Å². The monoisotopic (exact) mass is 367 g/mol. The smallest absolute Gasteiger partial charge is 0.257 e. The molecule has 0 aliphatic carbocycles. The maximum absolute atomic E-state index is 12.5. The van der Waals surface area contributed by atoms with Crippen molar-refractivity contribution < 1.29 is 4.79 Å². The number of hydrogen-bond donors (Lipinski definition) is 1. The molecule has 1 amide bonds. The molecule has 0 saturated carbocycles. The molecule has 2 aromatic carbocycles. The van der Waals surface area contributed by atoms with Gasteiger partial charge in [0.05, 0.1) is 10.2 Å². The molecule has 0 radical (unpaired) electrons. The van der Waals surface area contributed by atoms with Gasteiger partial charge in [0.25, 0.3) is 5.91 Å². The molecule has 4 nitrogen and oxygen atoms in total. The zero-order valence-corrected chi connectivity index (χ0v) is 16.6. The summed E-state index contributed by atoms with van der Waals surface area (Å²) in [5, 5.41) is 3.57. The highest BCUT2D eigenvalue weighted by atomic mass is 32.1. The summed E-state index contributed by atoms with van der Waals surface area (Å²) in [5.41, 5.74) is 3.98. The van der Waals surface area contributed by atoms with E-state index in [4.69, 9.17) is 0 Å². The van der Waals surface area contributed by atoms with Gasteiger partial charge in [-0.3, -0.25) is 10.1 Å². The zero-order chi connectivity index (χ0) is 18.7. The van der Waals surface area contributed by atoms with Crippen LogP contribution in [0.4, 0.5) is 10.8 Å². The highest BCUT2D eigenvalue weighted by Gasteiger charge is 2.12. The fourth-order valence-electron chi connectivity index (χ4n) is 2.94. The maximum Gasteiger partial charge on any atom is 0.257 e. The van der Waals surface area contributed by atoms with Crippen molar-refractivity contribution in [1.82, 2.24) is 4.98 Å². The van der Waals surface area contributed by atoms with Crippen LogP contribution in [0.3, 0.4) is 0 Å². The second-order valence-corrected chi connectivity index (χ2v) is 7.60. The molecule has 26 heavy (non-hydrogen) atoms. The molecule has 136 valence electrons. The van der Waals surface area contributed by atoms with E-state index in [1.165, 1.54) is 16.9 Å². The number of nitrogens with one attached hydrogen (secondary N) is 1. The van der Waals surface area contributed by atoms with Crippen LogP contribution in [0.25, 0.3) is 10.2 Å². The third-order valence-electron chi connectivity index (χ3n) is 4.56. The summed E-state index contributed by atoms with van der Waals surface area (Å²) in [6.45, 7) is 10.5. The van der Waals surface area contributed by atoms with E-state index in [-0.39, 0.29) is 5.91 Å². The average molecular weight is 368 g/mol. The number of benzene rings is 2. The lowest BCUT2D eigenvalue weighted by Crippen LogP contribution is -2.21. The number of carbonyl (C=O) groups is 1. The van der Waals surface area contributed by atoms with Crippen LogP contribution in [0, 0.1) is 0 Å². The van der Waals surface area contributed by atoms with Gasteiger partial charge >= 0.3 is 0 Å². The highest BCUT2D eigenvalue weighted by Crippen LogP contribution is 2.29. The first-order valence-electron chi connectivity index (χ1n) is 9.08. The first-order valence-corrected chi connectivity index (χ1v) is 9.90. The summed E-state index contributed by atoms with van der Waals surface area (Å²) in [5.74, 6) is 0.350. The Morgan fingerprint density at radius 1 is 1.12 bits per heavy atom. The molecule has 1 N–H and O–H groups in total. The Kier molecular flexibility index (Phi) is 5.57. The van der Waals surface area contributed by atoms with E-state index in [0.717, 1.165) is 29.0 Å². The molecule has 1 aromatic heterocycles. The van der Waals surface area contributed by atoms with Gasteiger partial charge in [0.2, 0.25) is 0 Å². The molecular formula is C21H25N3OS. The topological polar surface area (TPSA) is 45.2 Å². The van der Waals surface area contributed by atoms with Crippen molar-refractivity contribution in [2.24, 2.45) is 0 Å². The highest BCUT2D eigenvalue weighted by molar-refractivity contribution is 7.22. The molecule has 0 saturated heterocycles. The lowest BCUT2D eigenvalue weighted by atomic mass is 10.0. The minimum absolute atomic E-state index is 0.126. The Balaban J connectivity index is 1.76. The Morgan fingerprint density at radius 3 is 2.42 bits per heavy atom. The Morgan fingerprint density at radius 2 is 1.81 bits per heavy atom. The van der Waals surface area contributed by atoms with Gasteiger partial charge in [-0.1, -0.05) is 31.3 Å². The van der Waals surface area contributed by atoms with Gasteiger partial charge < -0.3 is 4.90 Å². The van der Waals surface area contributed by atoms with E-state index in [9.17, 15) is 4.79 Å². The molecule has 0 bridgehead atoms. The fraction of sp³-hybridized carbons (Fsp3) is 0.333. The fourth-order valence-corrected chi connectivity index (χ4v) is 3.84. The molecule has 1 heterocycles. The van der Waals surface area contributed by atoms with E-state index < -0.39 is 0 Å². The molecular weight excluding hydrogens is 342 g/mol. The van der Waals surface area contributed by atoms with Gasteiger partial charge in [-0.2, -0.15) is 0 Å². The number of anilines is 2. The largest absolute Gasteiger partial charge is 0.372 e. The molecule has 5 heteroatoms. The second kappa shape index (κ2) is 7.87. The number of hydrogen-bond acceptors (Lipinski definition) is 4. The molecule has 0 atom stereocenters. The summed E-state index contributed by atoms with van der Waals surface area (Å²) in [6, 6.07) is 14.0. The predicted molar refractivity (Wildman–Crippen MR) is 112 cm³/mol. The second-order valence-electron chi connectivity index (χ2n) is 6.57. The quantitative estimate of drug-likeness (QED) is 0.624. The number of rotatable bonds is 6. The summed E-state index contributed by atoms with van der Waals surface area (Å²) >= 11 is 1.52. The Bertz CT molecular complexity index is 895. The summed E-state index contributed by atoms with van der Waals surface area (Å²) in [7, 11) is 0. The van der Waals surface area contributed by atoms with Crippen molar-refractivity contribution in [3.63, 3.8) is 0 Å². The normalized spacial score (nSPS) is 11.1. The number of aromatic nitrogens is 1. The Labute approximate surface area is 158 Å². The van der Waals surface area contributed by atoms with E-state index >= 15 is 0 Å². The van der Waals surface area contributed by atoms with Crippen molar-refractivity contribution in [3.8, 4) is 0 Å². The molecule has 0 aliphatic rings. The maximum atomic E-state index is 12.5. The standard InChI is InChI=1S/C21H25N3OS/c1-5-24(6-2)17-10-7-15(8-11-17)20(25)23-21-22-18-12-9-16(14(3)4)13-19(18)26-21/h7-14H,5-6H2,1-4H3,(H,22,23,25). The average Bonchev–Trinajstić information content (AvgIpc) is 3.04. The summed E-state index contributed by atoms with van der Waals surface area (Å²) in [6.07, 6.45) is 0. The first kappa shape index (κ1) is 18.4. The van der Waals surface area contributed by atoms with Crippen LogP contribution in [-0.2, 0) is 0 Å². The molecule has 3 rings (SSSR count). The van der Waals surface area contributed by atoms with Gasteiger partial charge in [0.1, 0.15) is 0 Å².